The lowest BCUT2D eigenvalue weighted by Crippen LogP contribution is -2.54. The lowest BCUT2D eigenvalue weighted by atomic mass is 9.43. The van der Waals surface area contributed by atoms with Crippen LogP contribution in [-0.4, -0.2) is 6.29 Å². The van der Waals surface area contributed by atoms with Gasteiger partial charge in [0.1, 0.15) is 6.29 Å². The van der Waals surface area contributed by atoms with Crippen LogP contribution in [0.25, 0.3) is 0 Å². The molecule has 0 aromatic heterocycles. The fourth-order valence-corrected chi connectivity index (χ4v) is 10.0. The van der Waals surface area contributed by atoms with Gasteiger partial charge in [-0.15, -0.1) is 0 Å². The highest BCUT2D eigenvalue weighted by atomic mass is 16.1. The SMILES string of the molecule is CC(C)CCC[C@@H](C)[C@H]1CC[C@H]2[C@@H]3CCC4C(CC=O)CCC[C@]4(C)[C@H]3CC[C@]12C. The van der Waals surface area contributed by atoms with Crippen LogP contribution in [0, 0.1) is 58.2 Å². The molecule has 4 aliphatic rings. The fraction of sp³-hybridized carbons (Fsp3) is 0.966. The van der Waals surface area contributed by atoms with E-state index in [-0.39, 0.29) is 0 Å². The molecule has 0 saturated heterocycles. The summed E-state index contributed by atoms with van der Waals surface area (Å²) in [6.45, 7) is 12.7. The molecule has 4 fully saturated rings. The minimum absolute atomic E-state index is 0.525. The van der Waals surface area contributed by atoms with Gasteiger partial charge in [-0.1, -0.05) is 60.3 Å². The first kappa shape index (κ1) is 22.8. The van der Waals surface area contributed by atoms with Crippen LogP contribution in [0.2, 0.25) is 0 Å². The number of hydrogen-bond acceptors (Lipinski definition) is 1. The Morgan fingerprint density at radius 1 is 0.833 bits per heavy atom. The second-order valence-electron chi connectivity index (χ2n) is 13.2. The molecule has 0 aliphatic heterocycles. The molecular formula is C29H50O. The van der Waals surface area contributed by atoms with Gasteiger partial charge in [-0.25, -0.2) is 0 Å². The third-order valence-electron chi connectivity index (χ3n) is 11.4. The minimum Gasteiger partial charge on any atom is -0.303 e. The predicted molar refractivity (Wildman–Crippen MR) is 127 cm³/mol. The normalized spacial score (nSPS) is 46.7. The average molecular weight is 415 g/mol. The molecule has 0 amide bonds. The smallest absolute Gasteiger partial charge is 0.120 e. The first-order chi connectivity index (χ1) is 14.3. The van der Waals surface area contributed by atoms with Gasteiger partial charge in [0.05, 0.1) is 0 Å². The maximum absolute atomic E-state index is 11.3. The highest BCUT2D eigenvalue weighted by molar-refractivity contribution is 5.49. The van der Waals surface area contributed by atoms with Gasteiger partial charge < -0.3 is 4.79 Å². The highest BCUT2D eigenvalue weighted by Gasteiger charge is 2.61. The molecule has 0 heterocycles. The quantitative estimate of drug-likeness (QED) is 0.383. The van der Waals surface area contributed by atoms with Crippen molar-refractivity contribution in [1.82, 2.24) is 0 Å². The summed E-state index contributed by atoms with van der Waals surface area (Å²) in [6.07, 6.45) is 19.3. The molecule has 0 aromatic rings. The van der Waals surface area contributed by atoms with Gasteiger partial charge in [0, 0.05) is 6.42 Å². The molecule has 0 aromatic carbocycles. The van der Waals surface area contributed by atoms with Crippen LogP contribution in [-0.2, 0) is 4.79 Å². The summed E-state index contributed by atoms with van der Waals surface area (Å²) in [7, 11) is 0. The van der Waals surface area contributed by atoms with Crippen molar-refractivity contribution in [2.24, 2.45) is 58.2 Å². The number of carbonyl (C=O) groups excluding carboxylic acids is 1. The third kappa shape index (κ3) is 3.83. The van der Waals surface area contributed by atoms with E-state index < -0.39 is 0 Å². The molecule has 172 valence electrons. The van der Waals surface area contributed by atoms with Crippen LogP contribution in [0.4, 0.5) is 0 Å². The van der Waals surface area contributed by atoms with Gasteiger partial charge in [-0.3, -0.25) is 0 Å². The minimum atomic E-state index is 0.525. The summed E-state index contributed by atoms with van der Waals surface area (Å²) in [5.41, 5.74) is 1.13. The Kier molecular flexibility index (Phi) is 6.78. The maximum Gasteiger partial charge on any atom is 0.120 e. The number of fused-ring (bicyclic) bond motifs is 5. The van der Waals surface area contributed by atoms with E-state index in [1.165, 1.54) is 83.3 Å². The second kappa shape index (κ2) is 8.90. The Balaban J connectivity index is 1.47. The first-order valence-corrected chi connectivity index (χ1v) is 13.7. The Labute approximate surface area is 187 Å². The summed E-state index contributed by atoms with van der Waals surface area (Å²) in [5, 5.41) is 0. The summed E-state index contributed by atoms with van der Waals surface area (Å²) >= 11 is 0. The van der Waals surface area contributed by atoms with Gasteiger partial charge >= 0.3 is 0 Å². The number of aldehydes is 1. The van der Waals surface area contributed by atoms with Gasteiger partial charge in [0.25, 0.3) is 0 Å². The van der Waals surface area contributed by atoms with Crippen molar-refractivity contribution < 1.29 is 4.79 Å². The van der Waals surface area contributed by atoms with Gasteiger partial charge in [0.15, 0.2) is 0 Å². The number of rotatable bonds is 7. The predicted octanol–water partition coefficient (Wildman–Crippen LogP) is 8.31. The summed E-state index contributed by atoms with van der Waals surface area (Å²) in [4.78, 5) is 11.3. The topological polar surface area (TPSA) is 17.1 Å². The van der Waals surface area contributed by atoms with Crippen LogP contribution in [0.15, 0.2) is 0 Å². The Bertz CT molecular complexity index is 595. The molecule has 2 unspecified atom stereocenters. The fourth-order valence-electron chi connectivity index (χ4n) is 10.0. The highest BCUT2D eigenvalue weighted by Crippen LogP contribution is 2.69. The van der Waals surface area contributed by atoms with E-state index >= 15 is 0 Å². The largest absolute Gasteiger partial charge is 0.303 e. The zero-order valence-electron chi connectivity index (χ0n) is 20.8. The molecule has 0 radical (unpaired) electrons. The van der Waals surface area contributed by atoms with E-state index in [2.05, 4.69) is 34.6 Å². The third-order valence-corrected chi connectivity index (χ3v) is 11.4. The van der Waals surface area contributed by atoms with E-state index in [1.807, 2.05) is 0 Å². The molecule has 0 spiro atoms. The Morgan fingerprint density at radius 3 is 2.30 bits per heavy atom. The number of carbonyl (C=O) groups is 1. The van der Waals surface area contributed by atoms with Gasteiger partial charge in [0.2, 0.25) is 0 Å². The van der Waals surface area contributed by atoms with Crippen molar-refractivity contribution in [3.05, 3.63) is 0 Å². The monoisotopic (exact) mass is 414 g/mol. The summed E-state index contributed by atoms with van der Waals surface area (Å²) < 4.78 is 0. The van der Waals surface area contributed by atoms with E-state index in [0.717, 1.165) is 47.8 Å². The van der Waals surface area contributed by atoms with Crippen LogP contribution < -0.4 is 0 Å². The molecule has 4 rings (SSSR count). The maximum atomic E-state index is 11.3. The molecule has 4 aliphatic carbocycles. The standard InChI is InChI=1S/C29H50O/c1-20(2)8-6-9-21(3)24-13-14-26-23-11-12-25-22(16-19-30)10-7-17-28(25,4)27(23)15-18-29(24,26)5/h19-27H,6-18H2,1-5H3/t21-,22?,23+,24-,25?,26+,27+,28+,29-/m1/s1. The van der Waals surface area contributed by atoms with E-state index in [9.17, 15) is 4.79 Å². The summed E-state index contributed by atoms with van der Waals surface area (Å²) in [5.74, 6) is 7.16. The number of hydrogen-bond donors (Lipinski definition) is 0. The van der Waals surface area contributed by atoms with Crippen molar-refractivity contribution >= 4 is 6.29 Å². The molecule has 1 heteroatoms. The lowest BCUT2D eigenvalue weighted by molar-refractivity contribution is -0.133. The van der Waals surface area contributed by atoms with Crippen LogP contribution in [0.5, 0.6) is 0 Å². The zero-order chi connectivity index (χ0) is 21.5. The van der Waals surface area contributed by atoms with Crippen molar-refractivity contribution in [2.45, 2.75) is 118 Å². The lowest BCUT2D eigenvalue weighted by Gasteiger charge is -2.62. The van der Waals surface area contributed by atoms with Crippen LogP contribution >= 0.6 is 0 Å². The molecule has 30 heavy (non-hydrogen) atoms. The average Bonchev–Trinajstić information content (AvgIpc) is 3.05. The van der Waals surface area contributed by atoms with E-state index in [4.69, 9.17) is 0 Å². The van der Waals surface area contributed by atoms with Crippen molar-refractivity contribution in [3.63, 3.8) is 0 Å². The van der Waals surface area contributed by atoms with Crippen molar-refractivity contribution in [3.8, 4) is 0 Å². The molecule has 4 saturated carbocycles. The molecule has 1 nitrogen and oxygen atoms in total. The van der Waals surface area contributed by atoms with Crippen LogP contribution in [0.3, 0.4) is 0 Å². The van der Waals surface area contributed by atoms with Crippen LogP contribution in [0.1, 0.15) is 118 Å². The van der Waals surface area contributed by atoms with E-state index in [0.29, 0.717) is 16.7 Å². The molecule has 0 bridgehead atoms. The van der Waals surface area contributed by atoms with Crippen molar-refractivity contribution in [2.75, 3.05) is 0 Å². The second-order valence-corrected chi connectivity index (χ2v) is 13.2. The molecule has 9 atom stereocenters. The Hall–Kier alpha value is -0.330. The van der Waals surface area contributed by atoms with Gasteiger partial charge in [-0.05, 0) is 110 Å². The van der Waals surface area contributed by atoms with Crippen molar-refractivity contribution in [1.29, 1.82) is 0 Å². The zero-order valence-corrected chi connectivity index (χ0v) is 20.8. The first-order valence-electron chi connectivity index (χ1n) is 13.7. The molecular weight excluding hydrogens is 364 g/mol. The summed E-state index contributed by atoms with van der Waals surface area (Å²) in [6, 6.07) is 0. The van der Waals surface area contributed by atoms with E-state index in [1.54, 1.807) is 0 Å². The Morgan fingerprint density at radius 2 is 1.57 bits per heavy atom. The molecule has 0 N–H and O–H groups in total. The van der Waals surface area contributed by atoms with Gasteiger partial charge in [-0.2, -0.15) is 0 Å².